The third kappa shape index (κ3) is 3.63. The molecule has 0 spiro atoms. The molecule has 0 atom stereocenters. The summed E-state index contributed by atoms with van der Waals surface area (Å²) in [5, 5.41) is 5.53. The van der Waals surface area contributed by atoms with Crippen LogP contribution >= 0.6 is 0 Å². The summed E-state index contributed by atoms with van der Waals surface area (Å²) in [5.74, 6) is -0.260. The summed E-state index contributed by atoms with van der Waals surface area (Å²) in [6.07, 6.45) is 1.19. The van der Waals surface area contributed by atoms with E-state index in [2.05, 4.69) is 10.6 Å². The Balaban J connectivity index is 3.04. The topological polar surface area (TPSA) is 101 Å². The van der Waals surface area contributed by atoms with Crippen LogP contribution in [0, 0.1) is 0 Å². The lowest BCUT2D eigenvalue weighted by Gasteiger charge is -2.24. The fraction of sp³-hybridized carbons (Fsp3) is 0.462. The number of amides is 1. The van der Waals surface area contributed by atoms with Gasteiger partial charge in [0.2, 0.25) is 0 Å². The molecule has 4 N–H and O–H groups in total. The lowest BCUT2D eigenvalue weighted by atomic mass is 10.1. The van der Waals surface area contributed by atoms with E-state index in [0.29, 0.717) is 16.9 Å². The van der Waals surface area contributed by atoms with E-state index in [1.807, 2.05) is 0 Å². The number of carbonyl (C=O) groups is 1. The maximum Gasteiger partial charge on any atom is 0.253 e. The molecule has 0 aliphatic heterocycles. The number of rotatable bonds is 5. The Morgan fingerprint density at radius 1 is 1.35 bits per heavy atom. The van der Waals surface area contributed by atoms with Gasteiger partial charge in [0.25, 0.3) is 5.91 Å². The van der Waals surface area contributed by atoms with E-state index < -0.39 is 14.6 Å². The average Bonchev–Trinajstić information content (AvgIpc) is 2.34. The Morgan fingerprint density at radius 2 is 1.95 bits per heavy atom. The molecule has 1 rings (SSSR count). The van der Waals surface area contributed by atoms with E-state index >= 15 is 0 Å². The van der Waals surface area contributed by atoms with Gasteiger partial charge >= 0.3 is 0 Å². The second-order valence-electron chi connectivity index (χ2n) is 5.27. The van der Waals surface area contributed by atoms with Crippen LogP contribution in [0.5, 0.6) is 0 Å². The van der Waals surface area contributed by atoms with Gasteiger partial charge in [0.05, 0.1) is 10.3 Å². The Morgan fingerprint density at radius 3 is 2.45 bits per heavy atom. The molecule has 1 aromatic carbocycles. The van der Waals surface area contributed by atoms with Crippen LogP contribution in [-0.2, 0) is 9.84 Å². The smallest absolute Gasteiger partial charge is 0.253 e. The van der Waals surface area contributed by atoms with Gasteiger partial charge in [-0.3, -0.25) is 4.79 Å². The van der Waals surface area contributed by atoms with E-state index in [9.17, 15) is 13.2 Å². The average molecular weight is 299 g/mol. The number of nitrogen functional groups attached to an aromatic ring is 1. The lowest BCUT2D eigenvalue weighted by molar-refractivity contribution is 0.0964. The van der Waals surface area contributed by atoms with Crippen molar-refractivity contribution in [1.29, 1.82) is 0 Å². The van der Waals surface area contributed by atoms with Gasteiger partial charge in [-0.2, -0.15) is 0 Å². The van der Waals surface area contributed by atoms with Crippen LogP contribution in [0.15, 0.2) is 18.2 Å². The van der Waals surface area contributed by atoms with E-state index in [-0.39, 0.29) is 12.5 Å². The SMILES string of the molecule is CNC(=O)c1ccc(N)cc1NCC(C)(C)S(C)(=O)=O. The first-order valence-electron chi connectivity index (χ1n) is 6.13. The largest absolute Gasteiger partial charge is 0.399 e. The molecule has 6 nitrogen and oxygen atoms in total. The first kappa shape index (κ1) is 16.3. The summed E-state index contributed by atoms with van der Waals surface area (Å²) < 4.78 is 22.4. The normalized spacial score (nSPS) is 12.0. The Hall–Kier alpha value is -1.76. The molecule has 7 heteroatoms. The summed E-state index contributed by atoms with van der Waals surface area (Å²) in [5.41, 5.74) is 7.14. The minimum Gasteiger partial charge on any atom is -0.399 e. The number of hydrogen-bond acceptors (Lipinski definition) is 5. The van der Waals surface area contributed by atoms with Gasteiger partial charge in [0.15, 0.2) is 9.84 Å². The van der Waals surface area contributed by atoms with Crippen molar-refractivity contribution in [3.05, 3.63) is 23.8 Å². The number of nitrogens with one attached hydrogen (secondary N) is 2. The van der Waals surface area contributed by atoms with E-state index in [4.69, 9.17) is 5.73 Å². The van der Waals surface area contributed by atoms with Crippen LogP contribution in [-0.4, -0.2) is 38.9 Å². The van der Waals surface area contributed by atoms with Gasteiger partial charge < -0.3 is 16.4 Å². The predicted molar refractivity (Wildman–Crippen MR) is 81.7 cm³/mol. The van der Waals surface area contributed by atoms with Crippen molar-refractivity contribution in [3.63, 3.8) is 0 Å². The zero-order valence-corrected chi connectivity index (χ0v) is 13.0. The predicted octanol–water partition coefficient (Wildman–Crippen LogP) is 0.863. The van der Waals surface area contributed by atoms with Crippen molar-refractivity contribution in [2.45, 2.75) is 18.6 Å². The van der Waals surface area contributed by atoms with Crippen molar-refractivity contribution >= 4 is 27.1 Å². The van der Waals surface area contributed by atoms with Crippen molar-refractivity contribution in [2.24, 2.45) is 0 Å². The first-order valence-corrected chi connectivity index (χ1v) is 8.03. The lowest BCUT2D eigenvalue weighted by Crippen LogP contribution is -2.38. The molecule has 0 aliphatic rings. The molecule has 0 aromatic heterocycles. The van der Waals surface area contributed by atoms with Gasteiger partial charge in [-0.05, 0) is 32.0 Å². The van der Waals surface area contributed by atoms with Crippen LogP contribution < -0.4 is 16.4 Å². The van der Waals surface area contributed by atoms with E-state index in [1.165, 1.54) is 13.3 Å². The molecule has 0 unspecified atom stereocenters. The molecule has 0 saturated heterocycles. The third-order valence-electron chi connectivity index (χ3n) is 3.22. The number of anilines is 2. The molecule has 112 valence electrons. The molecule has 1 aromatic rings. The molecule has 0 heterocycles. The molecule has 0 radical (unpaired) electrons. The molecular formula is C13H21N3O3S. The quantitative estimate of drug-likeness (QED) is 0.700. The highest BCUT2D eigenvalue weighted by atomic mass is 32.2. The van der Waals surface area contributed by atoms with Gasteiger partial charge in [-0.25, -0.2) is 8.42 Å². The second kappa shape index (κ2) is 5.70. The minimum atomic E-state index is -3.22. The van der Waals surface area contributed by atoms with Gasteiger partial charge in [0.1, 0.15) is 0 Å². The number of nitrogens with two attached hydrogens (primary N) is 1. The fourth-order valence-corrected chi connectivity index (χ4v) is 1.81. The number of sulfone groups is 1. The monoisotopic (exact) mass is 299 g/mol. The van der Waals surface area contributed by atoms with Crippen molar-refractivity contribution in [2.75, 3.05) is 30.9 Å². The third-order valence-corrected chi connectivity index (χ3v) is 5.38. The molecule has 0 saturated carbocycles. The summed E-state index contributed by atoms with van der Waals surface area (Å²) in [4.78, 5) is 11.8. The Labute approximate surface area is 119 Å². The summed E-state index contributed by atoms with van der Waals surface area (Å²) in [7, 11) is -1.68. The van der Waals surface area contributed by atoms with Crippen LogP contribution in [0.1, 0.15) is 24.2 Å². The van der Waals surface area contributed by atoms with Crippen LogP contribution in [0.3, 0.4) is 0 Å². The summed E-state index contributed by atoms with van der Waals surface area (Å²) >= 11 is 0. The molecule has 0 aliphatic carbocycles. The molecular weight excluding hydrogens is 278 g/mol. The number of carbonyl (C=O) groups excluding carboxylic acids is 1. The van der Waals surface area contributed by atoms with Gasteiger partial charge in [-0.1, -0.05) is 0 Å². The number of benzene rings is 1. The van der Waals surface area contributed by atoms with Crippen molar-refractivity contribution in [3.8, 4) is 0 Å². The van der Waals surface area contributed by atoms with Crippen molar-refractivity contribution in [1.82, 2.24) is 5.32 Å². The van der Waals surface area contributed by atoms with E-state index in [0.717, 1.165) is 0 Å². The molecule has 0 fully saturated rings. The van der Waals surface area contributed by atoms with Gasteiger partial charge in [0, 0.05) is 31.2 Å². The van der Waals surface area contributed by atoms with Crippen LogP contribution in [0.2, 0.25) is 0 Å². The standard InChI is InChI=1S/C13H21N3O3S/c1-13(2,20(4,18)19)8-16-11-7-9(14)5-6-10(11)12(17)15-3/h5-7,16H,8,14H2,1-4H3,(H,15,17). The molecule has 1 amide bonds. The highest BCUT2D eigenvalue weighted by Gasteiger charge is 2.30. The van der Waals surface area contributed by atoms with Crippen LogP contribution in [0.4, 0.5) is 11.4 Å². The van der Waals surface area contributed by atoms with E-state index in [1.54, 1.807) is 32.0 Å². The minimum absolute atomic E-state index is 0.180. The maximum atomic E-state index is 11.8. The Bertz CT molecular complexity index is 609. The molecule has 20 heavy (non-hydrogen) atoms. The first-order chi connectivity index (χ1) is 9.08. The summed E-state index contributed by atoms with van der Waals surface area (Å²) in [6.45, 7) is 3.43. The Kier molecular flexibility index (Phi) is 4.65. The maximum absolute atomic E-state index is 11.8. The highest BCUT2D eigenvalue weighted by molar-refractivity contribution is 7.92. The van der Waals surface area contributed by atoms with Crippen molar-refractivity contribution < 1.29 is 13.2 Å². The van der Waals surface area contributed by atoms with Gasteiger partial charge in [-0.15, -0.1) is 0 Å². The second-order valence-corrected chi connectivity index (χ2v) is 7.92. The highest BCUT2D eigenvalue weighted by Crippen LogP contribution is 2.22. The zero-order chi connectivity index (χ0) is 15.6. The summed E-state index contributed by atoms with van der Waals surface area (Å²) in [6, 6.07) is 4.84. The molecule has 0 bridgehead atoms. The zero-order valence-electron chi connectivity index (χ0n) is 12.1. The van der Waals surface area contributed by atoms with Crippen LogP contribution in [0.25, 0.3) is 0 Å². The fourth-order valence-electron chi connectivity index (χ4n) is 1.48. The number of hydrogen-bond donors (Lipinski definition) is 3.